The molecular formula is C39H33O4P. The third-order valence-corrected chi connectivity index (χ3v) is 8.72. The van der Waals surface area contributed by atoms with Gasteiger partial charge in [0.1, 0.15) is 17.2 Å². The number of benzene rings is 6. The van der Waals surface area contributed by atoms with Gasteiger partial charge in [0.2, 0.25) is 0 Å². The van der Waals surface area contributed by atoms with E-state index in [1.54, 1.807) is 0 Å². The van der Waals surface area contributed by atoms with Crippen LogP contribution >= 0.6 is 7.82 Å². The molecule has 0 spiro atoms. The molecule has 218 valence electrons. The molecule has 6 aromatic rings. The summed E-state index contributed by atoms with van der Waals surface area (Å²) >= 11 is 0. The third kappa shape index (κ3) is 6.17. The molecule has 5 heteroatoms. The number of phosphoric ester groups is 1. The molecule has 0 bridgehead atoms. The number of para-hydroxylation sites is 3. The molecule has 0 unspecified atom stereocenters. The van der Waals surface area contributed by atoms with E-state index in [4.69, 9.17) is 13.6 Å². The molecule has 0 amide bonds. The molecule has 0 aliphatic heterocycles. The van der Waals surface area contributed by atoms with E-state index in [2.05, 4.69) is 0 Å². The second-order valence-corrected chi connectivity index (χ2v) is 12.1. The molecule has 0 aliphatic rings. The summed E-state index contributed by atoms with van der Waals surface area (Å²) in [5, 5.41) is 0. The van der Waals surface area contributed by atoms with Crippen LogP contribution in [0, 0.1) is 20.8 Å². The second kappa shape index (κ2) is 12.7. The largest absolute Gasteiger partial charge is 0.647 e. The Balaban J connectivity index is 1.52. The van der Waals surface area contributed by atoms with Crippen LogP contribution in [0.4, 0.5) is 0 Å². The van der Waals surface area contributed by atoms with Crippen molar-refractivity contribution in [2.45, 2.75) is 20.8 Å². The van der Waals surface area contributed by atoms with Gasteiger partial charge in [0, 0.05) is 16.7 Å². The lowest BCUT2D eigenvalue weighted by atomic mass is 10.0. The van der Waals surface area contributed by atoms with Crippen LogP contribution in [0.3, 0.4) is 0 Å². The van der Waals surface area contributed by atoms with E-state index in [0.29, 0.717) is 17.2 Å². The van der Waals surface area contributed by atoms with Crippen molar-refractivity contribution in [3.63, 3.8) is 0 Å². The Morgan fingerprint density at radius 3 is 0.909 bits per heavy atom. The minimum Gasteiger partial charge on any atom is -0.385 e. The molecule has 44 heavy (non-hydrogen) atoms. The van der Waals surface area contributed by atoms with Gasteiger partial charge in [-0.05, 0) is 54.2 Å². The van der Waals surface area contributed by atoms with Crippen LogP contribution in [0.5, 0.6) is 17.2 Å². The van der Waals surface area contributed by atoms with Crippen LogP contribution in [-0.4, -0.2) is 0 Å². The summed E-state index contributed by atoms with van der Waals surface area (Å²) in [4.78, 5) is 0. The van der Waals surface area contributed by atoms with Crippen molar-refractivity contribution < 1.29 is 18.1 Å². The molecule has 6 rings (SSSR count). The average molecular weight is 597 g/mol. The van der Waals surface area contributed by atoms with Gasteiger partial charge in [-0.15, -0.1) is 0 Å². The van der Waals surface area contributed by atoms with E-state index >= 15 is 4.57 Å². The minimum atomic E-state index is -4.41. The highest BCUT2D eigenvalue weighted by atomic mass is 31.2. The number of hydrogen-bond donors (Lipinski definition) is 0. The monoisotopic (exact) mass is 596 g/mol. The van der Waals surface area contributed by atoms with Gasteiger partial charge in [-0.3, -0.25) is 0 Å². The quantitative estimate of drug-likeness (QED) is 0.156. The molecule has 0 heterocycles. The molecule has 0 N–H and O–H groups in total. The zero-order chi connectivity index (χ0) is 30.5. The smallest absolute Gasteiger partial charge is 0.385 e. The SMILES string of the molecule is Cc1cccc(-c2ccccc2)c1OP(=O)(Oc1c(C)cccc1-c1ccccc1)Oc1c(C)cccc1-c1ccccc1. The van der Waals surface area contributed by atoms with Gasteiger partial charge in [0.25, 0.3) is 0 Å². The summed E-state index contributed by atoms with van der Waals surface area (Å²) in [7, 11) is -4.41. The highest BCUT2D eigenvalue weighted by Gasteiger charge is 2.37. The zero-order valence-corrected chi connectivity index (χ0v) is 25.8. The molecule has 0 atom stereocenters. The standard InChI is InChI=1S/C39H33O4P/c1-28-16-13-25-34(31-19-7-4-8-20-31)37(28)41-44(40,42-38-29(2)17-14-26-35(38)32-21-9-5-10-22-32)43-39-30(3)18-15-27-36(39)33-23-11-6-12-24-33/h4-27H,1-3H3. The van der Waals surface area contributed by atoms with E-state index in [0.717, 1.165) is 50.1 Å². The highest BCUT2D eigenvalue weighted by molar-refractivity contribution is 7.49. The molecular weight excluding hydrogens is 563 g/mol. The van der Waals surface area contributed by atoms with Crippen LogP contribution in [0.25, 0.3) is 33.4 Å². The summed E-state index contributed by atoms with van der Waals surface area (Å²) < 4.78 is 34.8. The Morgan fingerprint density at radius 1 is 0.364 bits per heavy atom. The normalized spacial score (nSPS) is 11.2. The topological polar surface area (TPSA) is 44.8 Å². The van der Waals surface area contributed by atoms with Crippen molar-refractivity contribution in [1.29, 1.82) is 0 Å². The summed E-state index contributed by atoms with van der Waals surface area (Å²) in [5.74, 6) is 1.31. The fraction of sp³-hybridized carbons (Fsp3) is 0.0769. The first-order valence-corrected chi connectivity index (χ1v) is 16.0. The lowest BCUT2D eigenvalue weighted by molar-refractivity contribution is 0.297. The van der Waals surface area contributed by atoms with Crippen LogP contribution < -0.4 is 13.6 Å². The maximum atomic E-state index is 15.3. The first kappa shape index (κ1) is 29.0. The minimum absolute atomic E-state index is 0.437. The van der Waals surface area contributed by atoms with Crippen LogP contribution in [0.2, 0.25) is 0 Å². The van der Waals surface area contributed by atoms with Gasteiger partial charge in [-0.25, -0.2) is 0 Å². The van der Waals surface area contributed by atoms with Crippen molar-refractivity contribution in [3.05, 3.63) is 162 Å². The van der Waals surface area contributed by atoms with E-state index in [1.165, 1.54) is 0 Å². The first-order valence-electron chi connectivity index (χ1n) is 14.6. The highest BCUT2D eigenvalue weighted by Crippen LogP contribution is 2.56. The number of aryl methyl sites for hydroxylation is 3. The number of phosphoric acid groups is 1. The van der Waals surface area contributed by atoms with Gasteiger partial charge in [-0.2, -0.15) is 4.57 Å². The average Bonchev–Trinajstić information content (AvgIpc) is 3.05. The van der Waals surface area contributed by atoms with Crippen molar-refractivity contribution in [3.8, 4) is 50.6 Å². The predicted octanol–water partition coefficient (Wildman–Crippen LogP) is 11.3. The van der Waals surface area contributed by atoms with E-state index < -0.39 is 7.82 Å². The van der Waals surface area contributed by atoms with Crippen LogP contribution in [0.15, 0.2) is 146 Å². The maximum Gasteiger partial charge on any atom is 0.647 e. The summed E-state index contributed by atoms with van der Waals surface area (Å²) in [5.41, 5.74) is 7.58. The van der Waals surface area contributed by atoms with Gasteiger partial charge < -0.3 is 13.6 Å². The molecule has 0 aliphatic carbocycles. The molecule has 0 aromatic heterocycles. The van der Waals surface area contributed by atoms with Crippen molar-refractivity contribution in [2.75, 3.05) is 0 Å². The van der Waals surface area contributed by atoms with Gasteiger partial charge >= 0.3 is 7.82 Å². The van der Waals surface area contributed by atoms with Crippen molar-refractivity contribution in [2.24, 2.45) is 0 Å². The fourth-order valence-corrected chi connectivity index (χ4v) is 6.76. The maximum absolute atomic E-state index is 15.3. The number of hydrogen-bond acceptors (Lipinski definition) is 4. The zero-order valence-electron chi connectivity index (χ0n) is 24.9. The number of rotatable bonds is 9. The summed E-state index contributed by atoms with van der Waals surface area (Å²) in [6, 6.07) is 47.2. The van der Waals surface area contributed by atoms with Gasteiger partial charge in [0.05, 0.1) is 0 Å². The Kier molecular flexibility index (Phi) is 8.36. The van der Waals surface area contributed by atoms with Crippen LogP contribution in [-0.2, 0) is 4.57 Å². The van der Waals surface area contributed by atoms with Gasteiger partial charge in [-0.1, -0.05) is 146 Å². The fourth-order valence-electron chi connectivity index (χ4n) is 5.25. The van der Waals surface area contributed by atoms with E-state index in [-0.39, 0.29) is 0 Å². The van der Waals surface area contributed by atoms with Crippen molar-refractivity contribution in [1.82, 2.24) is 0 Å². The third-order valence-electron chi connectivity index (χ3n) is 7.50. The van der Waals surface area contributed by atoms with E-state index in [1.807, 2.05) is 166 Å². The molecule has 0 saturated carbocycles. The summed E-state index contributed by atoms with van der Waals surface area (Å²) in [6.45, 7) is 5.79. The van der Waals surface area contributed by atoms with Crippen LogP contribution in [0.1, 0.15) is 16.7 Å². The summed E-state index contributed by atoms with van der Waals surface area (Å²) in [6.07, 6.45) is 0. The first-order chi connectivity index (χ1) is 21.4. The lowest BCUT2D eigenvalue weighted by Gasteiger charge is -2.25. The molecule has 0 fully saturated rings. The molecule has 6 aromatic carbocycles. The van der Waals surface area contributed by atoms with Crippen molar-refractivity contribution >= 4 is 7.82 Å². The second-order valence-electron chi connectivity index (χ2n) is 10.7. The van der Waals surface area contributed by atoms with Gasteiger partial charge in [0.15, 0.2) is 0 Å². The molecule has 4 nitrogen and oxygen atoms in total. The Labute approximate surface area is 259 Å². The Bertz CT molecular complexity index is 1710. The lowest BCUT2D eigenvalue weighted by Crippen LogP contribution is -2.11. The molecule has 0 radical (unpaired) electrons. The Hall–Kier alpha value is -5.05. The van der Waals surface area contributed by atoms with E-state index in [9.17, 15) is 0 Å². The Morgan fingerprint density at radius 2 is 0.636 bits per heavy atom. The molecule has 0 saturated heterocycles. The predicted molar refractivity (Wildman–Crippen MR) is 179 cm³/mol.